The second kappa shape index (κ2) is 10.5. The molecule has 1 N–H and O–H groups in total. The maximum Gasteiger partial charge on any atom is 0.270 e. The maximum absolute atomic E-state index is 15.8. The lowest BCUT2D eigenvalue weighted by Gasteiger charge is -2.27. The summed E-state index contributed by atoms with van der Waals surface area (Å²) >= 11 is 0. The van der Waals surface area contributed by atoms with Gasteiger partial charge in [-0.05, 0) is 42.5 Å². The van der Waals surface area contributed by atoms with Gasteiger partial charge in [0.2, 0.25) is 5.82 Å². The fourth-order valence-electron chi connectivity index (χ4n) is 5.01. The zero-order valence-electron chi connectivity index (χ0n) is 21.0. The molecule has 2 unspecified atom stereocenters. The maximum atomic E-state index is 15.8. The van der Waals surface area contributed by atoms with Crippen LogP contribution in [0.3, 0.4) is 0 Å². The molecule has 0 aliphatic carbocycles. The molecule has 1 aromatic heterocycles. The summed E-state index contributed by atoms with van der Waals surface area (Å²) in [5.41, 5.74) is 1.76. The molecular formula is C28H31F3N4O2. The Bertz CT molecular complexity index is 1230. The average Bonchev–Trinajstić information content (AvgIpc) is 3.25. The summed E-state index contributed by atoms with van der Waals surface area (Å²) in [7, 11) is 0. The molecule has 37 heavy (non-hydrogen) atoms. The molecule has 1 fully saturated rings. The molecule has 0 bridgehead atoms. The van der Waals surface area contributed by atoms with Crippen LogP contribution in [0.2, 0.25) is 0 Å². The number of nitrogens with one attached hydrogen (secondary N) is 1. The number of alkyl halides is 2. The van der Waals surface area contributed by atoms with Gasteiger partial charge >= 0.3 is 0 Å². The van der Waals surface area contributed by atoms with Crippen LogP contribution < -0.4 is 19.7 Å². The van der Waals surface area contributed by atoms with E-state index in [1.807, 2.05) is 30.0 Å². The molecule has 2 aliphatic heterocycles. The summed E-state index contributed by atoms with van der Waals surface area (Å²) in [5.74, 6) is -1.71. The second-order valence-electron chi connectivity index (χ2n) is 9.58. The summed E-state index contributed by atoms with van der Waals surface area (Å²) in [6.07, 6.45) is 4.50. The number of rotatable bonds is 7. The molecule has 0 amide bonds. The van der Waals surface area contributed by atoms with Crippen LogP contribution in [0.15, 0.2) is 48.8 Å². The van der Waals surface area contributed by atoms with Gasteiger partial charge in [0.15, 0.2) is 23.1 Å². The van der Waals surface area contributed by atoms with Crippen molar-refractivity contribution in [2.45, 2.75) is 57.5 Å². The zero-order valence-corrected chi connectivity index (χ0v) is 21.0. The average molecular weight is 513 g/mol. The van der Waals surface area contributed by atoms with Gasteiger partial charge in [-0.15, -0.1) is 0 Å². The molecule has 9 heteroatoms. The Morgan fingerprint density at radius 1 is 1.05 bits per heavy atom. The van der Waals surface area contributed by atoms with Crippen molar-refractivity contribution in [3.05, 3.63) is 71.3 Å². The topological polar surface area (TPSA) is 59.5 Å². The molecule has 5 rings (SSSR count). The molecule has 2 atom stereocenters. The third-order valence-corrected chi connectivity index (χ3v) is 6.99. The molecule has 2 aliphatic rings. The van der Waals surface area contributed by atoms with Crippen LogP contribution in [-0.2, 0) is 5.92 Å². The molecule has 2 aromatic carbocycles. The van der Waals surface area contributed by atoms with Crippen LogP contribution in [0.1, 0.15) is 68.3 Å². The highest BCUT2D eigenvalue weighted by atomic mass is 19.3. The van der Waals surface area contributed by atoms with E-state index in [2.05, 4.69) is 15.3 Å². The minimum Gasteiger partial charge on any atom is -0.490 e. The highest BCUT2D eigenvalue weighted by molar-refractivity contribution is 5.55. The van der Waals surface area contributed by atoms with E-state index in [9.17, 15) is 8.78 Å². The van der Waals surface area contributed by atoms with Crippen molar-refractivity contribution in [3.8, 4) is 11.5 Å². The van der Waals surface area contributed by atoms with Crippen molar-refractivity contribution < 1.29 is 22.6 Å². The highest BCUT2D eigenvalue weighted by Crippen LogP contribution is 2.39. The molecule has 0 saturated carbocycles. The van der Waals surface area contributed by atoms with Gasteiger partial charge in [-0.2, -0.15) is 4.39 Å². The number of anilines is 2. The molecule has 1 saturated heterocycles. The number of hydrogen-bond acceptors (Lipinski definition) is 6. The zero-order chi connectivity index (χ0) is 26.0. The van der Waals surface area contributed by atoms with Crippen molar-refractivity contribution in [1.82, 2.24) is 9.97 Å². The van der Waals surface area contributed by atoms with E-state index in [4.69, 9.17) is 9.47 Å². The predicted molar refractivity (Wildman–Crippen MR) is 136 cm³/mol. The third-order valence-electron chi connectivity index (χ3n) is 6.99. The van der Waals surface area contributed by atoms with E-state index < -0.39 is 11.7 Å². The predicted octanol–water partition coefficient (Wildman–Crippen LogP) is 6.79. The largest absolute Gasteiger partial charge is 0.490 e. The van der Waals surface area contributed by atoms with Gasteiger partial charge in [0.05, 0.1) is 25.3 Å². The first kappa shape index (κ1) is 25.2. The fourth-order valence-corrected chi connectivity index (χ4v) is 5.01. The highest BCUT2D eigenvalue weighted by Gasteiger charge is 2.31. The van der Waals surface area contributed by atoms with Crippen molar-refractivity contribution in [2.24, 2.45) is 0 Å². The first-order valence-corrected chi connectivity index (χ1v) is 12.8. The SMILES string of the molecule is CCC(Nc1ncnc(N2CCCC2c2ccc(C(C)(F)F)cc2)c1F)c1ccc2c(c1)OCCCO2. The number of fused-ring (bicyclic) bond motifs is 1. The number of aromatic nitrogens is 2. The molecule has 0 radical (unpaired) electrons. The number of nitrogens with zero attached hydrogens (tertiary/aromatic N) is 3. The minimum absolute atomic E-state index is 0.0409. The van der Waals surface area contributed by atoms with Crippen LogP contribution in [-0.4, -0.2) is 29.7 Å². The summed E-state index contributed by atoms with van der Waals surface area (Å²) in [6, 6.07) is 11.7. The van der Waals surface area contributed by atoms with E-state index in [1.165, 1.54) is 18.5 Å². The first-order valence-electron chi connectivity index (χ1n) is 12.8. The Hall–Kier alpha value is -3.49. The van der Waals surface area contributed by atoms with Crippen LogP contribution in [0.25, 0.3) is 0 Å². The molecular weight excluding hydrogens is 481 g/mol. The van der Waals surface area contributed by atoms with Gasteiger partial charge in [0, 0.05) is 25.5 Å². The van der Waals surface area contributed by atoms with E-state index >= 15 is 4.39 Å². The molecule has 196 valence electrons. The van der Waals surface area contributed by atoms with Crippen LogP contribution in [0, 0.1) is 5.82 Å². The summed E-state index contributed by atoms with van der Waals surface area (Å²) in [6.45, 7) is 4.71. The van der Waals surface area contributed by atoms with E-state index in [1.54, 1.807) is 12.1 Å². The molecule has 0 spiro atoms. The Morgan fingerprint density at radius 2 is 1.81 bits per heavy atom. The van der Waals surface area contributed by atoms with E-state index in [-0.39, 0.29) is 29.3 Å². The Labute approximate surface area is 214 Å². The lowest BCUT2D eigenvalue weighted by Crippen LogP contribution is -2.25. The van der Waals surface area contributed by atoms with E-state index in [0.717, 1.165) is 37.3 Å². The Balaban J connectivity index is 1.38. The molecule has 3 heterocycles. The van der Waals surface area contributed by atoms with Gasteiger partial charge in [-0.25, -0.2) is 18.7 Å². The normalized spacial score (nSPS) is 18.4. The fraction of sp³-hybridized carbons (Fsp3) is 0.429. The number of halogens is 3. The molecule has 3 aromatic rings. The number of hydrogen-bond donors (Lipinski definition) is 1. The first-order chi connectivity index (χ1) is 17.8. The van der Waals surface area contributed by atoms with Crippen molar-refractivity contribution in [1.29, 1.82) is 0 Å². The second-order valence-corrected chi connectivity index (χ2v) is 9.58. The lowest BCUT2D eigenvalue weighted by molar-refractivity contribution is 0.0174. The Morgan fingerprint density at radius 3 is 2.54 bits per heavy atom. The quantitative estimate of drug-likeness (QED) is 0.376. The number of benzene rings is 2. The Kier molecular flexibility index (Phi) is 7.13. The van der Waals surface area contributed by atoms with Crippen LogP contribution >= 0.6 is 0 Å². The minimum atomic E-state index is -2.90. The number of ether oxygens (including phenoxy) is 2. The third kappa shape index (κ3) is 5.31. The molecule has 6 nitrogen and oxygen atoms in total. The summed E-state index contributed by atoms with van der Waals surface area (Å²) < 4.78 is 54.7. The van der Waals surface area contributed by atoms with Gasteiger partial charge in [-0.3, -0.25) is 0 Å². The van der Waals surface area contributed by atoms with Crippen LogP contribution in [0.5, 0.6) is 11.5 Å². The summed E-state index contributed by atoms with van der Waals surface area (Å²) in [4.78, 5) is 10.4. The van der Waals surface area contributed by atoms with Gasteiger partial charge < -0.3 is 19.7 Å². The summed E-state index contributed by atoms with van der Waals surface area (Å²) in [5, 5.41) is 3.25. The van der Waals surface area contributed by atoms with Crippen molar-refractivity contribution in [3.63, 3.8) is 0 Å². The smallest absolute Gasteiger partial charge is 0.270 e. The van der Waals surface area contributed by atoms with Gasteiger partial charge in [0.1, 0.15) is 6.33 Å². The van der Waals surface area contributed by atoms with Crippen molar-refractivity contribution in [2.75, 3.05) is 30.0 Å². The lowest BCUT2D eigenvalue weighted by atomic mass is 10.0. The van der Waals surface area contributed by atoms with E-state index in [0.29, 0.717) is 37.7 Å². The standard InChI is InChI=1S/C28H31F3N4O2/c1-3-21(19-9-12-23-24(16-19)37-15-5-14-36-23)34-26-25(29)27(33-17-32-26)35-13-4-6-22(35)18-7-10-20(11-8-18)28(2,30)31/h7-12,16-17,21-22H,3-6,13-15H2,1-2H3,(H,32,33,34). The van der Waals surface area contributed by atoms with Gasteiger partial charge in [-0.1, -0.05) is 37.3 Å². The monoisotopic (exact) mass is 512 g/mol. The van der Waals surface area contributed by atoms with Crippen LogP contribution in [0.4, 0.5) is 24.8 Å². The van der Waals surface area contributed by atoms with Crippen molar-refractivity contribution >= 4 is 11.6 Å². The van der Waals surface area contributed by atoms with Gasteiger partial charge in [0.25, 0.3) is 5.92 Å².